The van der Waals surface area contributed by atoms with Crippen LogP contribution < -0.4 is 0 Å². The van der Waals surface area contributed by atoms with Crippen molar-refractivity contribution in [1.29, 1.82) is 0 Å². The number of rotatable bonds is 6. The first-order chi connectivity index (χ1) is 28.2. The highest BCUT2D eigenvalue weighted by molar-refractivity contribution is 6.19. The summed E-state index contributed by atoms with van der Waals surface area (Å²) in [5.74, 6) is 0.712. The molecule has 0 unspecified atom stereocenters. The van der Waals surface area contributed by atoms with Crippen molar-refractivity contribution in [2.45, 2.75) is 0 Å². The van der Waals surface area contributed by atoms with Gasteiger partial charge in [-0.05, 0) is 85.9 Å². The van der Waals surface area contributed by atoms with Gasteiger partial charge in [0.05, 0.1) is 11.4 Å². The summed E-state index contributed by atoms with van der Waals surface area (Å²) in [5.41, 5.74) is 13.7. The van der Waals surface area contributed by atoms with Crippen LogP contribution in [0.1, 0.15) is 0 Å². The summed E-state index contributed by atoms with van der Waals surface area (Å²) in [6.07, 6.45) is 0. The maximum absolute atomic E-state index is 6.61. The molecule has 11 aromatic rings. The van der Waals surface area contributed by atoms with Gasteiger partial charge in [-0.1, -0.05) is 170 Å². The second-order valence-corrected chi connectivity index (χ2v) is 14.6. The minimum atomic E-state index is 0.712. The quantitative estimate of drug-likeness (QED) is 0.171. The number of aromatic nitrogens is 2. The van der Waals surface area contributed by atoms with E-state index in [9.17, 15) is 0 Å². The van der Waals surface area contributed by atoms with E-state index in [4.69, 9.17) is 14.4 Å². The molecule has 0 aliphatic carbocycles. The van der Waals surface area contributed by atoms with E-state index in [1.807, 2.05) is 36.4 Å². The first kappa shape index (κ1) is 32.8. The lowest BCUT2D eigenvalue weighted by Gasteiger charge is -2.11. The molecule has 0 aliphatic rings. The lowest BCUT2D eigenvalue weighted by atomic mass is 9.93. The number of benzene rings is 9. The van der Waals surface area contributed by atoms with Crippen molar-refractivity contribution < 1.29 is 4.42 Å². The molecule has 11 rings (SSSR count). The Hall–Kier alpha value is -7.62. The third kappa shape index (κ3) is 5.94. The van der Waals surface area contributed by atoms with Gasteiger partial charge in [-0.15, -0.1) is 0 Å². The van der Waals surface area contributed by atoms with E-state index in [0.29, 0.717) is 5.82 Å². The highest BCUT2D eigenvalue weighted by Crippen LogP contribution is 2.42. The zero-order valence-electron chi connectivity index (χ0n) is 30.9. The predicted octanol–water partition coefficient (Wildman–Crippen LogP) is 14.7. The van der Waals surface area contributed by atoms with Crippen molar-refractivity contribution in [1.82, 2.24) is 9.97 Å². The van der Waals surface area contributed by atoms with E-state index in [-0.39, 0.29) is 0 Å². The molecule has 9 aromatic carbocycles. The van der Waals surface area contributed by atoms with Crippen LogP contribution in [0.25, 0.3) is 111 Å². The number of fused-ring (bicyclic) bond motifs is 6. The normalized spacial score (nSPS) is 11.5. The van der Waals surface area contributed by atoms with Crippen LogP contribution in [0, 0.1) is 0 Å². The van der Waals surface area contributed by atoms with E-state index in [2.05, 4.69) is 170 Å². The van der Waals surface area contributed by atoms with E-state index >= 15 is 0 Å². The second kappa shape index (κ2) is 13.6. The number of nitrogens with zero attached hydrogens (tertiary/aromatic N) is 2. The Morgan fingerprint density at radius 2 is 0.860 bits per heavy atom. The van der Waals surface area contributed by atoms with Crippen molar-refractivity contribution >= 4 is 43.5 Å². The Morgan fingerprint density at radius 3 is 1.63 bits per heavy atom. The highest BCUT2D eigenvalue weighted by Gasteiger charge is 2.17. The van der Waals surface area contributed by atoms with Gasteiger partial charge in [-0.25, -0.2) is 9.97 Å². The third-order valence-corrected chi connectivity index (χ3v) is 11.1. The van der Waals surface area contributed by atoms with Crippen LogP contribution in [0.2, 0.25) is 0 Å². The Kier molecular flexibility index (Phi) is 7.82. The molecule has 0 amide bonds. The molecule has 0 saturated heterocycles. The number of furan rings is 1. The maximum Gasteiger partial charge on any atom is 0.160 e. The highest BCUT2D eigenvalue weighted by atomic mass is 16.3. The van der Waals surface area contributed by atoms with Crippen molar-refractivity contribution in [2.24, 2.45) is 0 Å². The molecule has 0 saturated carbocycles. The molecular weight excluding hydrogens is 693 g/mol. The van der Waals surface area contributed by atoms with Crippen molar-refractivity contribution in [2.75, 3.05) is 0 Å². The minimum Gasteiger partial charge on any atom is -0.455 e. The van der Waals surface area contributed by atoms with Crippen molar-refractivity contribution in [3.63, 3.8) is 0 Å². The van der Waals surface area contributed by atoms with Gasteiger partial charge in [-0.2, -0.15) is 0 Å². The van der Waals surface area contributed by atoms with Gasteiger partial charge in [-0.3, -0.25) is 0 Å². The summed E-state index contributed by atoms with van der Waals surface area (Å²) in [6, 6.07) is 72.8. The molecule has 266 valence electrons. The first-order valence-corrected chi connectivity index (χ1v) is 19.3. The van der Waals surface area contributed by atoms with Crippen LogP contribution in [0.5, 0.6) is 0 Å². The van der Waals surface area contributed by atoms with Gasteiger partial charge in [0.2, 0.25) is 0 Å². The largest absolute Gasteiger partial charge is 0.455 e. The van der Waals surface area contributed by atoms with Crippen LogP contribution in [0.15, 0.2) is 211 Å². The van der Waals surface area contributed by atoms with Crippen molar-refractivity contribution in [3.05, 3.63) is 206 Å². The molecule has 0 fully saturated rings. The van der Waals surface area contributed by atoms with Crippen LogP contribution >= 0.6 is 0 Å². The van der Waals surface area contributed by atoms with Gasteiger partial charge in [0, 0.05) is 32.8 Å². The average molecular weight is 727 g/mol. The molecular formula is C54H34N2O. The topological polar surface area (TPSA) is 38.9 Å². The van der Waals surface area contributed by atoms with Gasteiger partial charge < -0.3 is 4.42 Å². The molecule has 0 N–H and O–H groups in total. The van der Waals surface area contributed by atoms with E-state index in [0.717, 1.165) is 77.7 Å². The van der Waals surface area contributed by atoms with E-state index < -0.39 is 0 Å². The van der Waals surface area contributed by atoms with Crippen LogP contribution in [0.3, 0.4) is 0 Å². The van der Waals surface area contributed by atoms with E-state index in [1.54, 1.807) is 0 Å². The van der Waals surface area contributed by atoms with Crippen molar-refractivity contribution in [3.8, 4) is 67.3 Å². The Bertz CT molecular complexity index is 3220. The molecule has 3 heteroatoms. The lowest BCUT2D eigenvalue weighted by Crippen LogP contribution is -1.95. The summed E-state index contributed by atoms with van der Waals surface area (Å²) in [4.78, 5) is 9.99. The molecule has 0 bridgehead atoms. The van der Waals surface area contributed by atoms with Gasteiger partial charge >= 0.3 is 0 Å². The Labute approximate surface area is 330 Å². The molecule has 2 heterocycles. The molecule has 0 spiro atoms. The van der Waals surface area contributed by atoms with Crippen LogP contribution in [0.4, 0.5) is 0 Å². The summed E-state index contributed by atoms with van der Waals surface area (Å²) in [7, 11) is 0. The summed E-state index contributed by atoms with van der Waals surface area (Å²) in [6.45, 7) is 0. The molecule has 0 aliphatic heterocycles. The monoisotopic (exact) mass is 726 g/mol. The minimum absolute atomic E-state index is 0.712. The molecule has 3 nitrogen and oxygen atoms in total. The lowest BCUT2D eigenvalue weighted by molar-refractivity contribution is 0.673. The first-order valence-electron chi connectivity index (χ1n) is 19.3. The van der Waals surface area contributed by atoms with Gasteiger partial charge in [0.1, 0.15) is 11.2 Å². The van der Waals surface area contributed by atoms with Crippen LogP contribution in [-0.2, 0) is 0 Å². The maximum atomic E-state index is 6.61. The van der Waals surface area contributed by atoms with Gasteiger partial charge in [0.25, 0.3) is 0 Å². The van der Waals surface area contributed by atoms with Crippen LogP contribution in [-0.4, -0.2) is 9.97 Å². The summed E-state index contributed by atoms with van der Waals surface area (Å²) in [5, 5.41) is 7.01. The zero-order valence-corrected chi connectivity index (χ0v) is 30.9. The molecule has 0 atom stereocenters. The zero-order chi connectivity index (χ0) is 37.7. The Balaban J connectivity index is 0.963. The standard InChI is InChI=1S/C54H34N2O/c1-3-13-37(14-4-1)50-34-51(56-54(55-50)39-15-5-2-6-16-39)38-25-22-36(23-26-38)41-18-11-19-42(30-41)43-28-29-52-48(32-43)49-33-47(45-20-9-10-21-46(45)53(49)57-52)44-27-24-35-12-7-8-17-40(35)31-44/h1-34H. The SMILES string of the molecule is c1ccc(-c2cc(-c3ccc(-c4cccc(-c5ccc6oc7c8ccccc8c(-c8ccc9ccccc9c8)cc7c6c5)c4)cc3)nc(-c3ccccc3)n2)cc1. The molecule has 57 heavy (non-hydrogen) atoms. The fourth-order valence-corrected chi connectivity index (χ4v) is 8.15. The predicted molar refractivity (Wildman–Crippen MR) is 237 cm³/mol. The second-order valence-electron chi connectivity index (χ2n) is 14.6. The van der Waals surface area contributed by atoms with Gasteiger partial charge in [0.15, 0.2) is 5.82 Å². The fraction of sp³-hybridized carbons (Fsp3) is 0. The number of hydrogen-bond acceptors (Lipinski definition) is 3. The van der Waals surface area contributed by atoms with E-state index in [1.165, 1.54) is 27.3 Å². The average Bonchev–Trinajstić information content (AvgIpc) is 3.67. The number of hydrogen-bond donors (Lipinski definition) is 0. The Morgan fingerprint density at radius 1 is 0.298 bits per heavy atom. The molecule has 2 aromatic heterocycles. The molecule has 0 radical (unpaired) electrons. The fourth-order valence-electron chi connectivity index (χ4n) is 8.15. The summed E-state index contributed by atoms with van der Waals surface area (Å²) < 4.78 is 6.61. The summed E-state index contributed by atoms with van der Waals surface area (Å²) >= 11 is 0. The third-order valence-electron chi connectivity index (χ3n) is 11.1. The smallest absolute Gasteiger partial charge is 0.160 e.